The minimum absolute atomic E-state index is 0.244. The Morgan fingerprint density at radius 3 is 2.55 bits per heavy atom. The third kappa shape index (κ3) is 4.77. The summed E-state index contributed by atoms with van der Waals surface area (Å²) in [5.41, 5.74) is 1.02. The van der Waals surface area contributed by atoms with E-state index in [1.54, 1.807) is 13.0 Å². The van der Waals surface area contributed by atoms with Gasteiger partial charge >= 0.3 is 5.97 Å². The summed E-state index contributed by atoms with van der Waals surface area (Å²) in [5.74, 6) is -1.76. The minimum Gasteiger partial charge on any atom is -0.507 e. The third-order valence-electron chi connectivity index (χ3n) is 2.76. The van der Waals surface area contributed by atoms with Crippen LogP contribution in [0.5, 0.6) is 5.75 Å². The molecule has 1 rings (SSSR count). The molecular formula is C16H19ClO5. The minimum atomic E-state index is -1.06. The molecule has 0 bridgehead atoms. The van der Waals surface area contributed by atoms with E-state index in [0.29, 0.717) is 17.4 Å². The van der Waals surface area contributed by atoms with Crippen LogP contribution in [0.1, 0.15) is 25.0 Å². The summed E-state index contributed by atoms with van der Waals surface area (Å²) in [6, 6.07) is 3.16. The van der Waals surface area contributed by atoms with E-state index in [1.807, 2.05) is 13.8 Å². The van der Waals surface area contributed by atoms with Gasteiger partial charge in [0.25, 0.3) is 5.78 Å². The summed E-state index contributed by atoms with van der Waals surface area (Å²) in [6.07, 6.45) is 0.787. The van der Waals surface area contributed by atoms with Crippen LogP contribution in [-0.4, -0.2) is 30.6 Å². The summed E-state index contributed by atoms with van der Waals surface area (Å²) >= 11 is 6.05. The first-order chi connectivity index (χ1) is 10.3. The van der Waals surface area contributed by atoms with Gasteiger partial charge in [0.2, 0.25) is 0 Å². The molecule has 0 radical (unpaired) electrons. The number of carbonyl (C=O) groups is 2. The maximum atomic E-state index is 11.5. The average Bonchev–Trinajstić information content (AvgIpc) is 2.46. The molecule has 0 heterocycles. The van der Waals surface area contributed by atoms with E-state index in [-0.39, 0.29) is 11.5 Å². The van der Waals surface area contributed by atoms with Crippen molar-refractivity contribution >= 4 is 29.1 Å². The molecule has 0 aromatic heterocycles. The van der Waals surface area contributed by atoms with Crippen molar-refractivity contribution in [2.24, 2.45) is 5.92 Å². The zero-order chi connectivity index (χ0) is 16.9. The fraction of sp³-hybridized carbons (Fsp3) is 0.375. The van der Waals surface area contributed by atoms with Gasteiger partial charge in [-0.1, -0.05) is 25.4 Å². The van der Waals surface area contributed by atoms with E-state index in [9.17, 15) is 14.7 Å². The molecule has 0 fully saturated rings. The largest absolute Gasteiger partial charge is 0.507 e. The van der Waals surface area contributed by atoms with Crippen molar-refractivity contribution in [1.29, 1.82) is 0 Å². The SMILES string of the molecule is COC(=O)C(=O)/C=C(\O)c1cc(Cl)c(C)cc1OCC(C)C. The lowest BCUT2D eigenvalue weighted by atomic mass is 10.1. The lowest BCUT2D eigenvalue weighted by Gasteiger charge is -2.14. The van der Waals surface area contributed by atoms with E-state index < -0.39 is 17.5 Å². The van der Waals surface area contributed by atoms with Crippen molar-refractivity contribution < 1.29 is 24.2 Å². The lowest BCUT2D eigenvalue weighted by Crippen LogP contribution is -2.13. The second-order valence-electron chi connectivity index (χ2n) is 5.19. The Labute approximate surface area is 134 Å². The van der Waals surface area contributed by atoms with Gasteiger partial charge in [0.05, 0.1) is 19.3 Å². The number of methoxy groups -OCH3 is 1. The van der Waals surface area contributed by atoms with E-state index in [2.05, 4.69) is 4.74 Å². The normalized spacial score (nSPS) is 11.5. The molecule has 1 N–H and O–H groups in total. The third-order valence-corrected chi connectivity index (χ3v) is 3.17. The predicted octanol–water partition coefficient (Wildman–Crippen LogP) is 3.32. The van der Waals surface area contributed by atoms with Gasteiger partial charge in [0.1, 0.15) is 11.5 Å². The number of ether oxygens (including phenoxy) is 2. The molecule has 1 aromatic carbocycles. The average molecular weight is 327 g/mol. The second kappa shape index (κ2) is 7.84. The van der Waals surface area contributed by atoms with Crippen molar-refractivity contribution in [2.45, 2.75) is 20.8 Å². The molecule has 120 valence electrons. The van der Waals surface area contributed by atoms with E-state index in [0.717, 1.165) is 18.7 Å². The molecular weight excluding hydrogens is 308 g/mol. The van der Waals surface area contributed by atoms with Crippen molar-refractivity contribution in [3.63, 3.8) is 0 Å². The Bertz CT molecular complexity index is 605. The first kappa shape index (κ1) is 18.0. The number of carbonyl (C=O) groups excluding carboxylic acids is 2. The van der Waals surface area contributed by atoms with Crippen LogP contribution in [0.15, 0.2) is 18.2 Å². The zero-order valence-corrected chi connectivity index (χ0v) is 13.7. The monoisotopic (exact) mass is 326 g/mol. The number of benzene rings is 1. The highest BCUT2D eigenvalue weighted by Crippen LogP contribution is 2.31. The summed E-state index contributed by atoms with van der Waals surface area (Å²) in [6.45, 7) is 6.21. The number of esters is 1. The van der Waals surface area contributed by atoms with Crippen LogP contribution in [0, 0.1) is 12.8 Å². The van der Waals surface area contributed by atoms with E-state index >= 15 is 0 Å². The quantitative estimate of drug-likeness (QED) is 0.376. The second-order valence-corrected chi connectivity index (χ2v) is 5.60. The molecule has 0 amide bonds. The number of rotatable bonds is 6. The fourth-order valence-electron chi connectivity index (χ4n) is 1.59. The Morgan fingerprint density at radius 2 is 2.00 bits per heavy atom. The summed E-state index contributed by atoms with van der Waals surface area (Å²) in [7, 11) is 1.09. The summed E-state index contributed by atoms with van der Waals surface area (Å²) in [5, 5.41) is 10.5. The van der Waals surface area contributed by atoms with Gasteiger partial charge in [-0.3, -0.25) is 4.79 Å². The van der Waals surface area contributed by atoms with Gasteiger partial charge in [-0.2, -0.15) is 0 Å². The zero-order valence-electron chi connectivity index (χ0n) is 13.0. The molecule has 1 aromatic rings. The molecule has 0 unspecified atom stereocenters. The number of hydrogen-bond donors (Lipinski definition) is 1. The molecule has 0 saturated carbocycles. The molecule has 0 aliphatic rings. The van der Waals surface area contributed by atoms with Crippen LogP contribution >= 0.6 is 11.6 Å². The standard InChI is InChI=1S/C16H19ClO5/c1-9(2)8-22-15-5-10(3)12(17)6-11(15)13(18)7-14(19)16(20)21-4/h5-7,9,18H,8H2,1-4H3/b13-7-. The van der Waals surface area contributed by atoms with Crippen LogP contribution in [0.4, 0.5) is 0 Å². The van der Waals surface area contributed by atoms with Crippen LogP contribution in [0.3, 0.4) is 0 Å². The van der Waals surface area contributed by atoms with Gasteiger partial charge in [-0.25, -0.2) is 4.79 Å². The lowest BCUT2D eigenvalue weighted by molar-refractivity contribution is -0.149. The predicted molar refractivity (Wildman–Crippen MR) is 84.2 cm³/mol. The van der Waals surface area contributed by atoms with Crippen molar-refractivity contribution in [2.75, 3.05) is 13.7 Å². The summed E-state index contributed by atoms with van der Waals surface area (Å²) < 4.78 is 9.94. The van der Waals surface area contributed by atoms with Gasteiger partial charge in [-0.05, 0) is 30.5 Å². The van der Waals surface area contributed by atoms with E-state index in [4.69, 9.17) is 16.3 Å². The molecule has 0 spiro atoms. The molecule has 5 nitrogen and oxygen atoms in total. The van der Waals surface area contributed by atoms with Gasteiger partial charge in [-0.15, -0.1) is 0 Å². The van der Waals surface area contributed by atoms with Crippen LogP contribution in [0.2, 0.25) is 5.02 Å². The highest BCUT2D eigenvalue weighted by molar-refractivity contribution is 6.39. The van der Waals surface area contributed by atoms with Crippen molar-refractivity contribution in [1.82, 2.24) is 0 Å². The number of aryl methyl sites for hydroxylation is 1. The molecule has 6 heteroatoms. The molecule has 0 saturated heterocycles. The van der Waals surface area contributed by atoms with E-state index in [1.165, 1.54) is 6.07 Å². The maximum absolute atomic E-state index is 11.5. The number of aliphatic hydroxyl groups excluding tert-OH is 1. The molecule has 0 atom stereocenters. The maximum Gasteiger partial charge on any atom is 0.378 e. The topological polar surface area (TPSA) is 72.8 Å². The first-order valence-electron chi connectivity index (χ1n) is 6.72. The van der Waals surface area contributed by atoms with Crippen LogP contribution in [-0.2, 0) is 14.3 Å². The summed E-state index contributed by atoms with van der Waals surface area (Å²) in [4.78, 5) is 22.6. The smallest absolute Gasteiger partial charge is 0.378 e. The van der Waals surface area contributed by atoms with Crippen LogP contribution < -0.4 is 4.74 Å². The fourth-order valence-corrected chi connectivity index (χ4v) is 1.76. The Hall–Kier alpha value is -2.01. The highest BCUT2D eigenvalue weighted by atomic mass is 35.5. The number of ketones is 1. The number of halogens is 1. The van der Waals surface area contributed by atoms with Crippen molar-refractivity contribution in [3.8, 4) is 5.75 Å². The number of hydrogen-bond acceptors (Lipinski definition) is 5. The van der Waals surface area contributed by atoms with Crippen LogP contribution in [0.25, 0.3) is 5.76 Å². The molecule has 0 aliphatic carbocycles. The molecule has 0 aliphatic heterocycles. The first-order valence-corrected chi connectivity index (χ1v) is 7.10. The van der Waals surface area contributed by atoms with Gasteiger partial charge in [0.15, 0.2) is 0 Å². The Morgan fingerprint density at radius 1 is 1.36 bits per heavy atom. The Kier molecular flexibility index (Phi) is 6.43. The highest BCUT2D eigenvalue weighted by Gasteiger charge is 2.17. The van der Waals surface area contributed by atoms with Gasteiger partial charge < -0.3 is 14.6 Å². The molecule has 22 heavy (non-hydrogen) atoms. The van der Waals surface area contributed by atoms with Crippen molar-refractivity contribution in [3.05, 3.63) is 34.4 Å². The Balaban J connectivity index is 3.20. The van der Waals surface area contributed by atoms with Gasteiger partial charge in [0, 0.05) is 11.1 Å². The number of aliphatic hydroxyl groups is 1.